The Bertz CT molecular complexity index is 1320. The molecule has 0 amide bonds. The average molecular weight is 448 g/mol. The smallest absolute Gasteiger partial charge is 0.437 e. The summed E-state index contributed by atoms with van der Waals surface area (Å²) >= 11 is 1.30. The van der Waals surface area contributed by atoms with Crippen molar-refractivity contribution in [1.82, 2.24) is 9.78 Å². The van der Waals surface area contributed by atoms with Crippen molar-refractivity contribution in [3.8, 4) is 17.5 Å². The maximum atomic E-state index is 12.6. The summed E-state index contributed by atoms with van der Waals surface area (Å²) in [5.74, 6) is -2.25. The third-order valence-electron chi connectivity index (χ3n) is 4.61. The molecule has 0 unspecified atom stereocenters. The van der Waals surface area contributed by atoms with Gasteiger partial charge in [-0.1, -0.05) is 42.1 Å². The average Bonchev–Trinajstić information content (AvgIpc) is 3.33. The standard InChI is InChI=1S/C22H16N4O5S/c1-25-16-9-5-6-10-18(16)32-21(25)15(11-23)17(27)13-30-19(28)12-26-22(29)31-20(24-26)14-7-3-2-4-8-14/h2-10H,12-13H2,1H3/b21-15-. The summed E-state index contributed by atoms with van der Waals surface area (Å²) in [7, 11) is 1.76. The molecule has 0 N–H and O–H groups in total. The fraction of sp³-hybridized carbons (Fsp3) is 0.136. The molecule has 0 radical (unpaired) electrons. The van der Waals surface area contributed by atoms with Gasteiger partial charge in [-0.2, -0.15) is 9.94 Å². The highest BCUT2D eigenvalue weighted by molar-refractivity contribution is 8.03. The summed E-state index contributed by atoms with van der Waals surface area (Å²) in [6, 6.07) is 18.2. The number of carbonyl (C=O) groups is 2. The van der Waals surface area contributed by atoms with E-state index in [-0.39, 0.29) is 11.5 Å². The molecule has 9 nitrogen and oxygen atoms in total. The van der Waals surface area contributed by atoms with E-state index in [1.54, 1.807) is 42.3 Å². The lowest BCUT2D eigenvalue weighted by Gasteiger charge is -2.14. The van der Waals surface area contributed by atoms with Crippen molar-refractivity contribution < 1.29 is 18.7 Å². The van der Waals surface area contributed by atoms with Gasteiger partial charge in [-0.15, -0.1) is 5.10 Å². The van der Waals surface area contributed by atoms with Crippen molar-refractivity contribution >= 4 is 29.2 Å². The number of thioether (sulfide) groups is 1. The van der Waals surface area contributed by atoms with Gasteiger partial charge in [0, 0.05) is 17.5 Å². The summed E-state index contributed by atoms with van der Waals surface area (Å²) < 4.78 is 10.9. The minimum Gasteiger partial charge on any atom is -0.456 e. The molecule has 32 heavy (non-hydrogen) atoms. The maximum Gasteiger partial charge on any atom is 0.437 e. The van der Waals surface area contributed by atoms with Gasteiger partial charge in [-0.3, -0.25) is 9.59 Å². The second-order valence-electron chi connectivity index (χ2n) is 6.70. The summed E-state index contributed by atoms with van der Waals surface area (Å²) in [5.41, 5.74) is 1.35. The number of fused-ring (bicyclic) bond motifs is 1. The predicted octanol–water partition coefficient (Wildman–Crippen LogP) is 2.59. The van der Waals surface area contributed by atoms with Gasteiger partial charge < -0.3 is 14.1 Å². The number of rotatable bonds is 6. The Morgan fingerprint density at radius 3 is 2.59 bits per heavy atom. The monoisotopic (exact) mass is 448 g/mol. The normalized spacial score (nSPS) is 13.9. The first-order valence-electron chi connectivity index (χ1n) is 9.45. The zero-order valence-corrected chi connectivity index (χ0v) is 17.7. The molecule has 2 aromatic carbocycles. The van der Waals surface area contributed by atoms with Crippen molar-refractivity contribution in [2.24, 2.45) is 0 Å². The molecule has 160 valence electrons. The van der Waals surface area contributed by atoms with Crippen LogP contribution in [0.25, 0.3) is 11.5 Å². The van der Waals surface area contributed by atoms with Crippen molar-refractivity contribution in [1.29, 1.82) is 5.26 Å². The molecule has 4 rings (SSSR count). The first-order valence-corrected chi connectivity index (χ1v) is 10.3. The number of anilines is 1. The van der Waals surface area contributed by atoms with E-state index in [0.29, 0.717) is 10.6 Å². The Hall–Kier alpha value is -4.10. The highest BCUT2D eigenvalue weighted by atomic mass is 32.2. The molecule has 0 saturated carbocycles. The second kappa shape index (κ2) is 8.95. The number of hydrogen-bond acceptors (Lipinski definition) is 9. The summed E-state index contributed by atoms with van der Waals surface area (Å²) in [4.78, 5) is 39.4. The van der Waals surface area contributed by atoms with Crippen LogP contribution in [0.1, 0.15) is 0 Å². The van der Waals surface area contributed by atoms with E-state index in [1.165, 1.54) is 11.8 Å². The minimum atomic E-state index is -0.855. The molecule has 0 aliphatic carbocycles. The van der Waals surface area contributed by atoms with Crippen LogP contribution in [0.2, 0.25) is 0 Å². The number of hydrogen-bond donors (Lipinski definition) is 0. The van der Waals surface area contributed by atoms with E-state index in [4.69, 9.17) is 9.15 Å². The van der Waals surface area contributed by atoms with Gasteiger partial charge in [-0.05, 0) is 24.3 Å². The SMILES string of the molecule is CN1/C(=C(\C#N)C(=O)COC(=O)Cn2nc(-c3ccccc3)oc2=O)Sc2ccccc21. The van der Waals surface area contributed by atoms with Gasteiger partial charge in [0.2, 0.25) is 11.7 Å². The molecule has 0 saturated heterocycles. The zero-order valence-electron chi connectivity index (χ0n) is 16.8. The summed E-state index contributed by atoms with van der Waals surface area (Å²) in [6.45, 7) is -1.16. The largest absolute Gasteiger partial charge is 0.456 e. The number of nitrogens with zero attached hydrogens (tertiary/aromatic N) is 4. The van der Waals surface area contributed by atoms with Crippen LogP contribution in [0.5, 0.6) is 0 Å². The quantitative estimate of drug-likeness (QED) is 0.318. The number of para-hydroxylation sites is 1. The van der Waals surface area contributed by atoms with E-state index >= 15 is 0 Å². The molecule has 1 aliphatic heterocycles. The fourth-order valence-corrected chi connectivity index (χ4v) is 4.20. The Labute approximate surface area is 186 Å². The van der Waals surface area contributed by atoms with Gasteiger partial charge in [0.05, 0.1) is 5.69 Å². The van der Waals surface area contributed by atoms with Crippen LogP contribution < -0.4 is 10.7 Å². The highest BCUT2D eigenvalue weighted by Crippen LogP contribution is 2.46. The van der Waals surface area contributed by atoms with Crippen LogP contribution in [-0.4, -0.2) is 35.2 Å². The van der Waals surface area contributed by atoms with Crippen molar-refractivity contribution in [2.75, 3.05) is 18.6 Å². The molecule has 2 heterocycles. The molecule has 0 fully saturated rings. The van der Waals surface area contributed by atoms with Crippen molar-refractivity contribution in [2.45, 2.75) is 11.4 Å². The van der Waals surface area contributed by atoms with Crippen LogP contribution >= 0.6 is 11.8 Å². The van der Waals surface area contributed by atoms with Crippen molar-refractivity contribution in [3.63, 3.8) is 0 Å². The van der Waals surface area contributed by atoms with E-state index in [1.807, 2.05) is 30.3 Å². The predicted molar refractivity (Wildman–Crippen MR) is 116 cm³/mol. The number of aromatic nitrogens is 2. The van der Waals surface area contributed by atoms with E-state index in [0.717, 1.165) is 15.3 Å². The van der Waals surface area contributed by atoms with Gasteiger partial charge in [0.1, 0.15) is 23.2 Å². The molecular weight excluding hydrogens is 432 g/mol. The molecular formula is C22H16N4O5S. The lowest BCUT2D eigenvalue weighted by atomic mass is 10.2. The fourth-order valence-electron chi connectivity index (χ4n) is 3.04. The van der Waals surface area contributed by atoms with Crippen LogP contribution in [0.3, 0.4) is 0 Å². The van der Waals surface area contributed by atoms with E-state index < -0.39 is 30.7 Å². The van der Waals surface area contributed by atoms with E-state index in [9.17, 15) is 19.6 Å². The Morgan fingerprint density at radius 1 is 1.16 bits per heavy atom. The molecule has 10 heteroatoms. The zero-order chi connectivity index (χ0) is 22.7. The van der Waals surface area contributed by atoms with Crippen molar-refractivity contribution in [3.05, 3.63) is 75.8 Å². The molecule has 0 spiro atoms. The Balaban J connectivity index is 1.41. The number of carbonyl (C=O) groups excluding carboxylic acids is 2. The second-order valence-corrected chi connectivity index (χ2v) is 7.73. The molecule has 0 atom stereocenters. The summed E-state index contributed by atoms with van der Waals surface area (Å²) in [5, 5.41) is 14.0. The lowest BCUT2D eigenvalue weighted by Crippen LogP contribution is -2.25. The van der Waals surface area contributed by atoms with Gasteiger partial charge in [-0.25, -0.2) is 4.79 Å². The lowest BCUT2D eigenvalue weighted by molar-refractivity contribution is -0.147. The molecule has 1 aromatic heterocycles. The number of esters is 1. The summed E-state index contributed by atoms with van der Waals surface area (Å²) in [6.07, 6.45) is 0. The van der Waals surface area contributed by atoms with E-state index in [2.05, 4.69) is 5.10 Å². The third kappa shape index (κ3) is 4.19. The Kier molecular flexibility index (Phi) is 5.91. The Morgan fingerprint density at radius 2 is 1.88 bits per heavy atom. The number of ketones is 1. The van der Waals surface area contributed by atoms with Gasteiger partial charge in [0.15, 0.2) is 6.61 Å². The maximum absolute atomic E-state index is 12.6. The molecule has 3 aromatic rings. The van der Waals surface area contributed by atoms with Gasteiger partial charge in [0.25, 0.3) is 0 Å². The van der Waals surface area contributed by atoms with Gasteiger partial charge >= 0.3 is 11.7 Å². The topological polar surface area (TPSA) is 118 Å². The molecule has 0 bridgehead atoms. The number of ether oxygens (including phenoxy) is 1. The van der Waals surface area contributed by atoms with Crippen LogP contribution in [0.4, 0.5) is 5.69 Å². The highest BCUT2D eigenvalue weighted by Gasteiger charge is 2.28. The van der Waals surface area contributed by atoms with Crippen LogP contribution in [0, 0.1) is 11.3 Å². The number of nitriles is 1. The first kappa shape index (κ1) is 21.1. The minimum absolute atomic E-state index is 0.0665. The number of benzene rings is 2. The van der Waals surface area contributed by atoms with Crippen LogP contribution in [-0.2, 0) is 20.9 Å². The van der Waals surface area contributed by atoms with Crippen LogP contribution in [0.15, 0.2) is 79.3 Å². The third-order valence-corrected chi connectivity index (χ3v) is 5.85. The number of Topliss-reactive ketones (excluding diaryl/α,β-unsaturated/α-hetero) is 1. The molecule has 1 aliphatic rings. The first-order chi connectivity index (χ1) is 15.5.